The van der Waals surface area contributed by atoms with Gasteiger partial charge in [0.15, 0.2) is 0 Å². The topological polar surface area (TPSA) is 58.6 Å². The van der Waals surface area contributed by atoms with Gasteiger partial charge in [-0.2, -0.15) is 0 Å². The molecule has 0 atom stereocenters. The van der Waals surface area contributed by atoms with Crippen molar-refractivity contribution in [1.29, 1.82) is 0 Å². The molecule has 2 aliphatic rings. The first kappa shape index (κ1) is 15.2. The maximum atomic E-state index is 12.5. The van der Waals surface area contributed by atoms with E-state index < -0.39 is 0 Å². The van der Waals surface area contributed by atoms with E-state index in [0.29, 0.717) is 19.1 Å². The Hall–Kier alpha value is -1.69. The summed E-state index contributed by atoms with van der Waals surface area (Å²) in [7, 11) is 0. The van der Waals surface area contributed by atoms with Crippen LogP contribution in [0.25, 0.3) is 0 Å². The highest BCUT2D eigenvalue weighted by atomic mass is 16.5. The van der Waals surface area contributed by atoms with Crippen LogP contribution in [0.4, 0.5) is 5.82 Å². The van der Waals surface area contributed by atoms with Gasteiger partial charge < -0.3 is 14.5 Å². The summed E-state index contributed by atoms with van der Waals surface area (Å²) in [5, 5.41) is 0. The summed E-state index contributed by atoms with van der Waals surface area (Å²) in [5.74, 6) is 1.47. The molecule has 0 unspecified atom stereocenters. The average Bonchev–Trinajstić information content (AvgIpc) is 2.58. The normalized spacial score (nSPS) is 20.3. The van der Waals surface area contributed by atoms with Gasteiger partial charge in [0, 0.05) is 43.4 Å². The molecular formula is C16H24N4O2. The first-order valence-electron chi connectivity index (χ1n) is 8.06. The summed E-state index contributed by atoms with van der Waals surface area (Å²) in [6, 6.07) is 0. The summed E-state index contributed by atoms with van der Waals surface area (Å²) in [6.45, 7) is 8.67. The molecule has 0 aliphatic carbocycles. The van der Waals surface area contributed by atoms with Gasteiger partial charge in [-0.25, -0.2) is 9.97 Å². The van der Waals surface area contributed by atoms with Crippen molar-refractivity contribution >= 4 is 11.7 Å². The molecule has 22 heavy (non-hydrogen) atoms. The number of anilines is 1. The molecule has 3 rings (SSSR count). The third kappa shape index (κ3) is 3.06. The SMILES string of the molecule is Cc1ncnc(N2CCC(C(=O)N3CCOCC3)CC2)c1C. The van der Waals surface area contributed by atoms with Crippen molar-refractivity contribution in [2.75, 3.05) is 44.3 Å². The van der Waals surface area contributed by atoms with Crippen LogP contribution >= 0.6 is 0 Å². The minimum atomic E-state index is 0.151. The smallest absolute Gasteiger partial charge is 0.225 e. The number of aromatic nitrogens is 2. The summed E-state index contributed by atoms with van der Waals surface area (Å²) >= 11 is 0. The van der Waals surface area contributed by atoms with E-state index >= 15 is 0 Å². The Labute approximate surface area is 131 Å². The number of hydrogen-bond donors (Lipinski definition) is 0. The molecule has 2 saturated heterocycles. The lowest BCUT2D eigenvalue weighted by Crippen LogP contribution is -2.47. The minimum absolute atomic E-state index is 0.151. The van der Waals surface area contributed by atoms with Crippen LogP contribution in [0.15, 0.2) is 6.33 Å². The molecule has 0 aromatic carbocycles. The second-order valence-corrected chi connectivity index (χ2v) is 6.11. The van der Waals surface area contributed by atoms with Crippen LogP contribution in [0, 0.1) is 19.8 Å². The van der Waals surface area contributed by atoms with Crippen molar-refractivity contribution in [1.82, 2.24) is 14.9 Å². The first-order valence-corrected chi connectivity index (χ1v) is 8.06. The predicted octanol–water partition coefficient (Wildman–Crippen LogP) is 1.17. The largest absolute Gasteiger partial charge is 0.378 e. The lowest BCUT2D eigenvalue weighted by Gasteiger charge is -2.36. The molecule has 120 valence electrons. The van der Waals surface area contributed by atoms with Crippen LogP contribution in [0.5, 0.6) is 0 Å². The predicted molar refractivity (Wildman–Crippen MR) is 83.8 cm³/mol. The van der Waals surface area contributed by atoms with E-state index in [2.05, 4.69) is 21.8 Å². The van der Waals surface area contributed by atoms with Crippen LogP contribution < -0.4 is 4.90 Å². The average molecular weight is 304 g/mol. The Morgan fingerprint density at radius 1 is 1.14 bits per heavy atom. The number of piperidine rings is 1. The Morgan fingerprint density at radius 2 is 1.82 bits per heavy atom. The van der Waals surface area contributed by atoms with Crippen molar-refractivity contribution < 1.29 is 9.53 Å². The summed E-state index contributed by atoms with van der Waals surface area (Å²) < 4.78 is 5.32. The maximum Gasteiger partial charge on any atom is 0.225 e. The molecule has 0 N–H and O–H groups in total. The van der Waals surface area contributed by atoms with Gasteiger partial charge in [0.05, 0.1) is 13.2 Å². The van der Waals surface area contributed by atoms with Crippen molar-refractivity contribution in [2.24, 2.45) is 5.92 Å². The van der Waals surface area contributed by atoms with Gasteiger partial charge in [-0.3, -0.25) is 4.79 Å². The molecule has 1 aromatic heterocycles. The molecule has 0 spiro atoms. The number of morpholine rings is 1. The van der Waals surface area contributed by atoms with Crippen molar-refractivity contribution in [3.63, 3.8) is 0 Å². The highest BCUT2D eigenvalue weighted by Crippen LogP contribution is 2.26. The number of carbonyl (C=O) groups is 1. The van der Waals surface area contributed by atoms with E-state index in [-0.39, 0.29) is 5.92 Å². The Bertz CT molecular complexity index is 535. The number of ether oxygens (including phenoxy) is 1. The molecule has 2 fully saturated rings. The number of rotatable bonds is 2. The zero-order chi connectivity index (χ0) is 15.5. The van der Waals surface area contributed by atoms with Gasteiger partial charge in [0.25, 0.3) is 0 Å². The molecule has 0 radical (unpaired) electrons. The Kier molecular flexibility index (Phi) is 4.57. The fourth-order valence-electron chi connectivity index (χ4n) is 3.22. The molecule has 6 nitrogen and oxygen atoms in total. The van der Waals surface area contributed by atoms with E-state index in [9.17, 15) is 4.79 Å². The third-order valence-electron chi connectivity index (χ3n) is 4.78. The quantitative estimate of drug-likeness (QED) is 0.821. The van der Waals surface area contributed by atoms with Gasteiger partial charge in [0.2, 0.25) is 5.91 Å². The highest BCUT2D eigenvalue weighted by molar-refractivity contribution is 5.79. The zero-order valence-corrected chi connectivity index (χ0v) is 13.4. The molecule has 0 saturated carbocycles. The lowest BCUT2D eigenvalue weighted by atomic mass is 9.95. The Balaban J connectivity index is 1.60. The Morgan fingerprint density at radius 3 is 2.50 bits per heavy atom. The minimum Gasteiger partial charge on any atom is -0.378 e. The molecule has 2 aliphatic heterocycles. The molecular weight excluding hydrogens is 280 g/mol. The van der Waals surface area contributed by atoms with E-state index in [1.807, 2.05) is 11.8 Å². The number of aryl methyl sites for hydroxylation is 1. The lowest BCUT2D eigenvalue weighted by molar-refractivity contribution is -0.140. The van der Waals surface area contributed by atoms with Crippen molar-refractivity contribution in [2.45, 2.75) is 26.7 Å². The first-order chi connectivity index (χ1) is 10.7. The third-order valence-corrected chi connectivity index (χ3v) is 4.78. The number of hydrogen-bond acceptors (Lipinski definition) is 5. The molecule has 6 heteroatoms. The van der Waals surface area contributed by atoms with Gasteiger partial charge in [0.1, 0.15) is 12.1 Å². The number of nitrogens with zero attached hydrogens (tertiary/aromatic N) is 4. The van der Waals surface area contributed by atoms with E-state index in [4.69, 9.17) is 4.74 Å². The van der Waals surface area contributed by atoms with E-state index in [1.54, 1.807) is 6.33 Å². The van der Waals surface area contributed by atoms with E-state index in [1.165, 1.54) is 0 Å². The zero-order valence-electron chi connectivity index (χ0n) is 13.4. The van der Waals surface area contributed by atoms with Crippen molar-refractivity contribution in [3.8, 4) is 0 Å². The van der Waals surface area contributed by atoms with Gasteiger partial charge in [-0.1, -0.05) is 0 Å². The van der Waals surface area contributed by atoms with Gasteiger partial charge >= 0.3 is 0 Å². The summed E-state index contributed by atoms with van der Waals surface area (Å²) in [4.78, 5) is 25.4. The fraction of sp³-hybridized carbons (Fsp3) is 0.688. The number of carbonyl (C=O) groups excluding carboxylic acids is 1. The van der Waals surface area contributed by atoms with Crippen LogP contribution in [-0.4, -0.2) is 60.2 Å². The molecule has 0 bridgehead atoms. The highest BCUT2D eigenvalue weighted by Gasteiger charge is 2.30. The van der Waals surface area contributed by atoms with Crippen LogP contribution in [0.3, 0.4) is 0 Å². The molecule has 1 amide bonds. The van der Waals surface area contributed by atoms with Gasteiger partial charge in [-0.15, -0.1) is 0 Å². The molecule has 3 heterocycles. The molecule has 1 aromatic rings. The number of amides is 1. The van der Waals surface area contributed by atoms with E-state index in [0.717, 1.165) is 56.1 Å². The van der Waals surface area contributed by atoms with Crippen LogP contribution in [0.1, 0.15) is 24.1 Å². The maximum absolute atomic E-state index is 12.5. The van der Waals surface area contributed by atoms with Crippen LogP contribution in [0.2, 0.25) is 0 Å². The second-order valence-electron chi connectivity index (χ2n) is 6.11. The monoisotopic (exact) mass is 304 g/mol. The second kappa shape index (κ2) is 6.60. The summed E-state index contributed by atoms with van der Waals surface area (Å²) in [5.41, 5.74) is 2.16. The van der Waals surface area contributed by atoms with Gasteiger partial charge in [-0.05, 0) is 26.7 Å². The van der Waals surface area contributed by atoms with Crippen LogP contribution in [-0.2, 0) is 9.53 Å². The summed E-state index contributed by atoms with van der Waals surface area (Å²) in [6.07, 6.45) is 3.43. The van der Waals surface area contributed by atoms with Crippen molar-refractivity contribution in [3.05, 3.63) is 17.6 Å². The standard InChI is InChI=1S/C16H24N4O2/c1-12-13(2)17-11-18-15(12)19-5-3-14(4-6-19)16(21)20-7-9-22-10-8-20/h11,14H,3-10H2,1-2H3. The fourth-order valence-corrected chi connectivity index (χ4v) is 3.22.